The Bertz CT molecular complexity index is 2100. The van der Waals surface area contributed by atoms with Crippen molar-refractivity contribution in [1.82, 2.24) is 67.8 Å². The number of carboxylic acid groups (broad SMARTS) is 1. The Morgan fingerprint density at radius 1 is 0.600 bits per heavy atom. The van der Waals surface area contributed by atoms with Gasteiger partial charge in [0.1, 0.15) is 42.8 Å². The second-order valence-corrected chi connectivity index (χ2v) is 17.2. The summed E-state index contributed by atoms with van der Waals surface area (Å²) in [5.74, 6) is -11.1. The number of rotatable bonds is 31. The molecule has 0 radical (unpaired) electrons. The SMILES string of the molecule is CC[C@H](C)[C@H](NC(=O)[C@H](CC(C)C)NC(=O)[C@H](CC(N)=O)NC(=O)[C@@H](N)C(C)C)C(=O)NCC(=O)N[C@@H](Cc1cnc[nH]1)C(=O)N[C@@H](CO)C(=O)N[C@@H](Cc1cnc[nH]1)C(=O)NCC(=O)NCC(=O)O. The fraction of sp³-hybridized carbons (Fsp3) is 0.595. The summed E-state index contributed by atoms with van der Waals surface area (Å²) in [6.45, 7) is 7.25. The highest BCUT2D eigenvalue weighted by Crippen LogP contribution is 2.12. The van der Waals surface area contributed by atoms with Crippen molar-refractivity contribution in [1.29, 1.82) is 0 Å². The molecule has 0 aliphatic carbocycles. The van der Waals surface area contributed by atoms with Gasteiger partial charge in [0, 0.05) is 36.6 Å². The second kappa shape index (κ2) is 29.4. The largest absolute Gasteiger partial charge is 0.480 e. The van der Waals surface area contributed by atoms with E-state index in [0.717, 1.165) is 0 Å². The zero-order chi connectivity index (χ0) is 52.7. The van der Waals surface area contributed by atoms with Crippen molar-refractivity contribution in [2.75, 3.05) is 26.2 Å². The van der Waals surface area contributed by atoms with Gasteiger partial charge in [-0.1, -0.05) is 48.0 Å². The van der Waals surface area contributed by atoms with Gasteiger partial charge in [0.2, 0.25) is 59.1 Å². The van der Waals surface area contributed by atoms with Crippen LogP contribution in [0.1, 0.15) is 72.2 Å². The number of nitrogens with two attached hydrogens (primary N) is 2. The van der Waals surface area contributed by atoms with Crippen LogP contribution in [0.4, 0.5) is 0 Å². The summed E-state index contributed by atoms with van der Waals surface area (Å²) in [7, 11) is 0. The first-order valence-corrected chi connectivity index (χ1v) is 22.4. The number of primary amides is 1. The van der Waals surface area contributed by atoms with Crippen LogP contribution >= 0.6 is 0 Å². The highest BCUT2D eigenvalue weighted by Gasteiger charge is 2.35. The molecule has 2 aromatic heterocycles. The Balaban J connectivity index is 2.22. The van der Waals surface area contributed by atoms with Gasteiger partial charge in [0.15, 0.2) is 0 Å². The fourth-order valence-electron chi connectivity index (χ4n) is 6.35. The standard InChI is InChI=1S/C42H67N15O13/c1-7-22(6)35(57-39(67)25(8-20(2)3)53-38(66)28(11-30(43)59)55-41(69)34(44)21(4)5)42(70)49-15-32(61)52-27(10-24-13-46-19-51-24)37(65)56-29(17-58)40(68)54-26(9-23-12-45-18-50-23)36(64)48-14-31(60)47-16-33(62)63/h12-13,18-22,25-29,34-35,58H,7-11,14-17,44H2,1-6H3,(H2,43,59)(H,45,50)(H,46,51)(H,47,60)(H,48,64)(H,49,70)(H,52,61)(H,53,66)(H,54,68)(H,55,69)(H,56,65)(H,57,67)(H,62,63)/t22-,25-,26-,27-,28-,29-,34-,35-/m0/s1. The van der Waals surface area contributed by atoms with E-state index in [4.69, 9.17) is 16.6 Å². The lowest BCUT2D eigenvalue weighted by Crippen LogP contribution is -2.60. The summed E-state index contributed by atoms with van der Waals surface area (Å²) in [6, 6.07) is -9.59. The van der Waals surface area contributed by atoms with Gasteiger partial charge in [-0.25, -0.2) is 9.97 Å². The third-order valence-corrected chi connectivity index (χ3v) is 10.5. The summed E-state index contributed by atoms with van der Waals surface area (Å²) >= 11 is 0. The number of aliphatic carboxylic acids is 1. The van der Waals surface area contributed by atoms with Crippen LogP contribution in [-0.4, -0.2) is 164 Å². The smallest absolute Gasteiger partial charge is 0.322 e. The van der Waals surface area contributed by atoms with E-state index in [0.29, 0.717) is 17.8 Å². The number of aromatic amines is 2. The molecule has 10 amide bonds. The lowest BCUT2D eigenvalue weighted by molar-refractivity contribution is -0.138. The van der Waals surface area contributed by atoms with E-state index in [9.17, 15) is 57.8 Å². The molecule has 0 bridgehead atoms. The molecule has 0 fully saturated rings. The molecule has 28 heteroatoms. The number of aromatic nitrogens is 4. The number of nitrogens with one attached hydrogen (secondary N) is 11. The number of carboxylic acids is 1. The van der Waals surface area contributed by atoms with Crippen molar-refractivity contribution in [3.8, 4) is 0 Å². The first-order chi connectivity index (χ1) is 32.9. The van der Waals surface area contributed by atoms with Crippen molar-refractivity contribution in [2.24, 2.45) is 29.2 Å². The summed E-state index contributed by atoms with van der Waals surface area (Å²) < 4.78 is 0. The number of nitrogens with zero attached hydrogens (tertiary/aromatic N) is 2. The maximum atomic E-state index is 13.8. The van der Waals surface area contributed by atoms with Crippen LogP contribution in [0.25, 0.3) is 0 Å². The fourth-order valence-corrected chi connectivity index (χ4v) is 6.35. The van der Waals surface area contributed by atoms with Crippen LogP contribution in [0, 0.1) is 17.8 Å². The minimum atomic E-state index is -1.70. The molecule has 0 spiro atoms. The summed E-state index contributed by atoms with van der Waals surface area (Å²) in [4.78, 5) is 155. The van der Waals surface area contributed by atoms with Gasteiger partial charge in [0.05, 0.1) is 44.8 Å². The molecule has 8 atom stereocenters. The van der Waals surface area contributed by atoms with Gasteiger partial charge in [-0.05, 0) is 24.2 Å². The topological polar surface area (TPSA) is 446 Å². The molecule has 0 aliphatic heterocycles. The number of aliphatic hydroxyl groups is 1. The average molecular weight is 990 g/mol. The number of hydrogen-bond acceptors (Lipinski definition) is 15. The minimum absolute atomic E-state index is 0.0644. The van der Waals surface area contributed by atoms with Crippen LogP contribution in [0.5, 0.6) is 0 Å². The molecule has 70 heavy (non-hydrogen) atoms. The van der Waals surface area contributed by atoms with Crippen molar-refractivity contribution in [3.05, 3.63) is 36.4 Å². The van der Waals surface area contributed by atoms with Crippen LogP contribution < -0.4 is 59.3 Å². The molecular formula is C42H67N15O13. The molecular weight excluding hydrogens is 923 g/mol. The van der Waals surface area contributed by atoms with Crippen molar-refractivity contribution in [3.63, 3.8) is 0 Å². The molecule has 17 N–H and O–H groups in total. The van der Waals surface area contributed by atoms with Gasteiger partial charge < -0.3 is 79.5 Å². The van der Waals surface area contributed by atoms with Gasteiger partial charge >= 0.3 is 5.97 Å². The quantitative estimate of drug-likeness (QED) is 0.0335. The molecule has 0 aromatic carbocycles. The number of H-pyrrole nitrogens is 2. The highest BCUT2D eigenvalue weighted by atomic mass is 16.4. The summed E-state index contributed by atoms with van der Waals surface area (Å²) in [5, 5.41) is 40.5. The number of aliphatic hydroxyl groups excluding tert-OH is 1. The van der Waals surface area contributed by atoms with E-state index in [1.54, 1.807) is 41.5 Å². The molecule has 2 rings (SSSR count). The Hall–Kier alpha value is -7.49. The zero-order valence-electron chi connectivity index (χ0n) is 39.9. The third kappa shape index (κ3) is 20.8. The highest BCUT2D eigenvalue weighted by molar-refractivity contribution is 5.98. The van der Waals surface area contributed by atoms with Crippen LogP contribution in [-0.2, 0) is 65.6 Å². The van der Waals surface area contributed by atoms with Crippen LogP contribution in [0.3, 0.4) is 0 Å². The van der Waals surface area contributed by atoms with Crippen molar-refractivity contribution < 1.29 is 63.0 Å². The van der Waals surface area contributed by atoms with E-state index in [-0.39, 0.29) is 31.1 Å². The molecule has 0 aliphatic rings. The van der Waals surface area contributed by atoms with E-state index >= 15 is 0 Å². The van der Waals surface area contributed by atoms with E-state index in [2.05, 4.69) is 67.8 Å². The maximum Gasteiger partial charge on any atom is 0.322 e. The van der Waals surface area contributed by atoms with Crippen LogP contribution in [0.15, 0.2) is 25.0 Å². The lowest BCUT2D eigenvalue weighted by Gasteiger charge is -2.28. The molecule has 388 valence electrons. The number of carbonyl (C=O) groups is 11. The predicted molar refractivity (Wildman–Crippen MR) is 245 cm³/mol. The zero-order valence-corrected chi connectivity index (χ0v) is 39.9. The van der Waals surface area contributed by atoms with Crippen molar-refractivity contribution in [2.45, 2.75) is 116 Å². The molecule has 0 saturated heterocycles. The number of hydrogen-bond donors (Lipinski definition) is 15. The number of imidazole rings is 2. The lowest BCUT2D eigenvalue weighted by atomic mass is 9.96. The van der Waals surface area contributed by atoms with Gasteiger partial charge in [0.25, 0.3) is 0 Å². The van der Waals surface area contributed by atoms with E-state index in [1.165, 1.54) is 25.0 Å². The maximum absolute atomic E-state index is 13.8. The Morgan fingerprint density at radius 2 is 1.09 bits per heavy atom. The number of amides is 10. The molecule has 0 saturated carbocycles. The second-order valence-electron chi connectivity index (χ2n) is 17.2. The Labute approximate surface area is 402 Å². The summed E-state index contributed by atoms with van der Waals surface area (Å²) in [5.41, 5.74) is 12.0. The van der Waals surface area contributed by atoms with E-state index < -0.39 is 146 Å². The van der Waals surface area contributed by atoms with Gasteiger partial charge in [-0.15, -0.1) is 0 Å². The molecule has 2 heterocycles. The average Bonchev–Trinajstić information content (AvgIpc) is 4.03. The van der Waals surface area contributed by atoms with E-state index in [1.807, 2.05) is 0 Å². The van der Waals surface area contributed by atoms with Gasteiger partial charge in [-0.3, -0.25) is 52.7 Å². The first-order valence-electron chi connectivity index (χ1n) is 22.4. The molecule has 0 unspecified atom stereocenters. The molecule has 28 nitrogen and oxygen atoms in total. The monoisotopic (exact) mass is 990 g/mol. The number of carbonyl (C=O) groups excluding carboxylic acids is 10. The summed E-state index contributed by atoms with van der Waals surface area (Å²) in [6.07, 6.45) is 4.72. The first kappa shape index (κ1) is 58.6. The van der Waals surface area contributed by atoms with Crippen molar-refractivity contribution >= 4 is 65.0 Å². The third-order valence-electron chi connectivity index (χ3n) is 10.5. The predicted octanol–water partition coefficient (Wildman–Crippen LogP) is -5.80. The molecule has 2 aromatic rings. The normalized spacial score (nSPS) is 14.5. The van der Waals surface area contributed by atoms with Crippen LogP contribution in [0.2, 0.25) is 0 Å². The minimum Gasteiger partial charge on any atom is -0.480 e. The Morgan fingerprint density at radius 3 is 1.59 bits per heavy atom. The van der Waals surface area contributed by atoms with Gasteiger partial charge in [-0.2, -0.15) is 0 Å². The Kier molecular flexibility index (Phi) is 24.6.